The summed E-state index contributed by atoms with van der Waals surface area (Å²) in [6.45, 7) is 4.70. The fourth-order valence-electron chi connectivity index (χ4n) is 7.80. The molecule has 1 aliphatic carbocycles. The SMILES string of the molecule is CC1(C)c2ccccc2-c2ccc(N(c3ccccc3)c3cccc4c3sc3ccc5c6cc7ccccc7cc6oc5c34)cc21. The largest absolute Gasteiger partial charge is 0.455 e. The van der Waals surface area contributed by atoms with Crippen molar-refractivity contribution in [1.82, 2.24) is 0 Å². The summed E-state index contributed by atoms with van der Waals surface area (Å²) in [5.74, 6) is 0. The van der Waals surface area contributed by atoms with Crippen molar-refractivity contribution < 1.29 is 4.42 Å². The van der Waals surface area contributed by atoms with Gasteiger partial charge in [-0.3, -0.25) is 0 Å². The topological polar surface area (TPSA) is 16.4 Å². The van der Waals surface area contributed by atoms with Gasteiger partial charge < -0.3 is 9.32 Å². The molecule has 0 radical (unpaired) electrons. The quantitative estimate of drug-likeness (QED) is 0.199. The minimum atomic E-state index is -0.0778. The molecule has 3 heteroatoms. The van der Waals surface area contributed by atoms with Gasteiger partial charge in [0.2, 0.25) is 0 Å². The molecule has 0 N–H and O–H groups in total. The van der Waals surface area contributed by atoms with Gasteiger partial charge in [0.05, 0.1) is 10.4 Å². The van der Waals surface area contributed by atoms with Crippen LogP contribution in [0.3, 0.4) is 0 Å². The summed E-state index contributed by atoms with van der Waals surface area (Å²) in [7, 11) is 0. The molecular formula is C43H29NOS. The molecule has 46 heavy (non-hydrogen) atoms. The molecule has 2 nitrogen and oxygen atoms in total. The first-order chi connectivity index (χ1) is 22.6. The first-order valence-corrected chi connectivity index (χ1v) is 16.7. The van der Waals surface area contributed by atoms with Gasteiger partial charge in [-0.2, -0.15) is 0 Å². The summed E-state index contributed by atoms with van der Waals surface area (Å²) in [4.78, 5) is 2.43. The van der Waals surface area contributed by atoms with E-state index in [1.807, 2.05) is 11.3 Å². The lowest BCUT2D eigenvalue weighted by Crippen LogP contribution is -2.16. The number of anilines is 3. The molecule has 218 valence electrons. The number of hydrogen-bond donors (Lipinski definition) is 0. The van der Waals surface area contributed by atoms with Gasteiger partial charge in [-0.15, -0.1) is 11.3 Å². The van der Waals surface area contributed by atoms with Gasteiger partial charge in [0, 0.05) is 43.0 Å². The first kappa shape index (κ1) is 25.9. The fourth-order valence-corrected chi connectivity index (χ4v) is 9.00. The molecular weight excluding hydrogens is 579 g/mol. The molecule has 2 aromatic heterocycles. The van der Waals surface area contributed by atoms with E-state index >= 15 is 0 Å². The van der Waals surface area contributed by atoms with Crippen LogP contribution in [0.5, 0.6) is 0 Å². The highest BCUT2D eigenvalue weighted by Crippen LogP contribution is 2.52. The minimum absolute atomic E-state index is 0.0778. The highest BCUT2D eigenvalue weighted by molar-refractivity contribution is 7.26. The molecule has 10 rings (SSSR count). The Kier molecular flexibility index (Phi) is 5.25. The van der Waals surface area contributed by atoms with Crippen LogP contribution in [0.4, 0.5) is 17.1 Å². The van der Waals surface area contributed by atoms with Crippen LogP contribution in [0.2, 0.25) is 0 Å². The molecule has 1 aliphatic rings. The second-order valence-electron chi connectivity index (χ2n) is 12.9. The first-order valence-electron chi connectivity index (χ1n) is 15.9. The summed E-state index contributed by atoms with van der Waals surface area (Å²) >= 11 is 1.85. The highest BCUT2D eigenvalue weighted by Gasteiger charge is 2.36. The van der Waals surface area contributed by atoms with Crippen molar-refractivity contribution in [1.29, 1.82) is 0 Å². The van der Waals surface area contributed by atoms with Crippen LogP contribution < -0.4 is 4.90 Å². The zero-order chi connectivity index (χ0) is 30.6. The Morgan fingerprint density at radius 3 is 2.20 bits per heavy atom. The lowest BCUT2D eigenvalue weighted by Gasteiger charge is -2.28. The average molecular weight is 608 g/mol. The molecule has 0 atom stereocenters. The second kappa shape index (κ2) is 9.32. The van der Waals surface area contributed by atoms with E-state index in [2.05, 4.69) is 158 Å². The van der Waals surface area contributed by atoms with Gasteiger partial charge in [-0.25, -0.2) is 0 Å². The summed E-state index contributed by atoms with van der Waals surface area (Å²) in [6.07, 6.45) is 0. The van der Waals surface area contributed by atoms with E-state index < -0.39 is 0 Å². The number of thiophene rings is 1. The Hall–Kier alpha value is -5.38. The van der Waals surface area contributed by atoms with Crippen molar-refractivity contribution in [2.24, 2.45) is 0 Å². The van der Waals surface area contributed by atoms with Gasteiger partial charge in [-0.1, -0.05) is 98.8 Å². The van der Waals surface area contributed by atoms with E-state index in [4.69, 9.17) is 4.42 Å². The molecule has 0 fully saturated rings. The zero-order valence-corrected chi connectivity index (χ0v) is 26.4. The van der Waals surface area contributed by atoms with E-state index in [0.29, 0.717) is 0 Å². The molecule has 0 aliphatic heterocycles. The Balaban J connectivity index is 1.22. The number of fused-ring (bicyclic) bond motifs is 11. The third-order valence-corrected chi connectivity index (χ3v) is 11.2. The number of benzene rings is 7. The molecule has 0 unspecified atom stereocenters. The molecule has 9 aromatic rings. The van der Waals surface area contributed by atoms with Crippen LogP contribution in [0, 0.1) is 0 Å². The number of para-hydroxylation sites is 1. The van der Waals surface area contributed by atoms with E-state index in [9.17, 15) is 0 Å². The predicted molar refractivity (Wildman–Crippen MR) is 196 cm³/mol. The maximum absolute atomic E-state index is 6.71. The van der Waals surface area contributed by atoms with Crippen LogP contribution >= 0.6 is 11.3 Å². The molecule has 0 saturated heterocycles. The van der Waals surface area contributed by atoms with Crippen molar-refractivity contribution in [2.75, 3.05) is 4.90 Å². The van der Waals surface area contributed by atoms with Crippen LogP contribution in [0.15, 0.2) is 144 Å². The van der Waals surface area contributed by atoms with Crippen LogP contribution in [-0.2, 0) is 5.41 Å². The minimum Gasteiger partial charge on any atom is -0.455 e. The van der Waals surface area contributed by atoms with E-state index in [-0.39, 0.29) is 5.41 Å². The molecule has 0 saturated carbocycles. The smallest absolute Gasteiger partial charge is 0.144 e. The van der Waals surface area contributed by atoms with E-state index in [0.717, 1.165) is 22.5 Å². The highest BCUT2D eigenvalue weighted by atomic mass is 32.1. The zero-order valence-electron chi connectivity index (χ0n) is 25.5. The monoisotopic (exact) mass is 607 g/mol. The summed E-state index contributed by atoms with van der Waals surface area (Å²) < 4.78 is 9.19. The standard InChI is InChI=1S/C43H29NOS/c1-43(2)35-17-9-8-15-30(35)31-20-19-29(25-36(31)43)44(28-13-4-3-5-14-28)37-18-10-16-33-40-39(46-42(33)37)22-21-32-34-23-26-11-6-7-12-27(26)24-38(34)45-41(32)40/h3-25H,1-2H3. The summed E-state index contributed by atoms with van der Waals surface area (Å²) in [5.41, 5.74) is 10.7. The lowest BCUT2D eigenvalue weighted by atomic mass is 9.82. The number of nitrogens with zero attached hydrogens (tertiary/aromatic N) is 1. The van der Waals surface area contributed by atoms with Crippen LogP contribution in [0.1, 0.15) is 25.0 Å². The van der Waals surface area contributed by atoms with Gasteiger partial charge in [0.25, 0.3) is 0 Å². The summed E-state index contributed by atoms with van der Waals surface area (Å²) in [6, 6.07) is 50.8. The Labute approximate surface area is 270 Å². The van der Waals surface area contributed by atoms with E-state index in [1.54, 1.807) is 0 Å². The van der Waals surface area contributed by atoms with Crippen molar-refractivity contribution in [3.05, 3.63) is 151 Å². The van der Waals surface area contributed by atoms with E-state index in [1.165, 1.54) is 69.7 Å². The van der Waals surface area contributed by atoms with Crippen molar-refractivity contribution in [2.45, 2.75) is 19.3 Å². The third kappa shape index (κ3) is 3.52. The Morgan fingerprint density at radius 1 is 0.565 bits per heavy atom. The fraction of sp³-hybridized carbons (Fsp3) is 0.0698. The molecule has 0 spiro atoms. The second-order valence-corrected chi connectivity index (χ2v) is 14.0. The number of hydrogen-bond acceptors (Lipinski definition) is 3. The van der Waals surface area contributed by atoms with Gasteiger partial charge in [-0.05, 0) is 87.6 Å². The van der Waals surface area contributed by atoms with Crippen molar-refractivity contribution >= 4 is 81.3 Å². The lowest BCUT2D eigenvalue weighted by molar-refractivity contribution is 0.660. The van der Waals surface area contributed by atoms with Crippen molar-refractivity contribution in [3.63, 3.8) is 0 Å². The van der Waals surface area contributed by atoms with Crippen molar-refractivity contribution in [3.8, 4) is 11.1 Å². The number of furan rings is 1. The number of rotatable bonds is 3. The summed E-state index contributed by atoms with van der Waals surface area (Å²) in [5, 5.41) is 7.17. The third-order valence-electron chi connectivity index (χ3n) is 10.0. The molecule has 7 aromatic carbocycles. The van der Waals surface area contributed by atoms with Gasteiger partial charge >= 0.3 is 0 Å². The molecule has 2 heterocycles. The van der Waals surface area contributed by atoms with Crippen LogP contribution in [0.25, 0.3) is 64.0 Å². The molecule has 0 amide bonds. The Bertz CT molecular complexity index is 2680. The maximum atomic E-state index is 6.71. The molecule has 0 bridgehead atoms. The maximum Gasteiger partial charge on any atom is 0.144 e. The normalized spacial score (nSPS) is 13.6. The van der Waals surface area contributed by atoms with Gasteiger partial charge in [0.15, 0.2) is 0 Å². The average Bonchev–Trinajstić information content (AvgIpc) is 3.72. The van der Waals surface area contributed by atoms with Gasteiger partial charge in [0.1, 0.15) is 11.2 Å². The predicted octanol–water partition coefficient (Wildman–Crippen LogP) is 12.9. The van der Waals surface area contributed by atoms with Crippen LogP contribution in [-0.4, -0.2) is 0 Å². The Morgan fingerprint density at radius 2 is 1.33 bits per heavy atom.